The highest BCUT2D eigenvalue weighted by atomic mass is 19.1. The predicted molar refractivity (Wildman–Crippen MR) is 557 cm³/mol. The van der Waals surface area contributed by atoms with Crippen LogP contribution in [0.5, 0.6) is 0 Å². The van der Waals surface area contributed by atoms with Crippen molar-refractivity contribution in [1.29, 1.82) is 0 Å². The number of carbonyl (C=O) groups is 12. The molecule has 32 heteroatoms. The molecule has 0 unspecified atom stereocenters. The lowest BCUT2D eigenvalue weighted by Gasteiger charge is -2.29. The van der Waals surface area contributed by atoms with Crippen molar-refractivity contribution >= 4 is 72.1 Å². The Balaban J connectivity index is 0.000000235. The van der Waals surface area contributed by atoms with Gasteiger partial charge < -0.3 is 85.8 Å². The average Bonchev–Trinajstić information content (AvgIpc) is 1.62. The molecule has 0 fully saturated rings. The van der Waals surface area contributed by atoms with Crippen molar-refractivity contribution in [3.8, 4) is 33.4 Å². The molecule has 9 aromatic carbocycles. The number of hydrogen-bond acceptors (Lipinski definition) is 23. The number of ether oxygens (including phenoxy) is 9. The van der Waals surface area contributed by atoms with E-state index in [-0.39, 0.29) is 136 Å². The fraction of sp³-hybridized carbons (Fsp3) is 0.431. The van der Waals surface area contributed by atoms with Crippen LogP contribution in [0, 0.1) is 23.4 Å². The molecule has 4 atom stereocenters. The molecule has 0 saturated heterocycles. The Labute approximate surface area is 865 Å². The van der Waals surface area contributed by atoms with Crippen molar-refractivity contribution in [2.24, 2.45) is 17.4 Å². The largest absolute Gasteiger partial charge is 0.516 e. The summed E-state index contributed by atoms with van der Waals surface area (Å²) in [5.74, 6) is -6.23. The predicted octanol–water partition coefficient (Wildman–Crippen LogP) is 20.6. The smallest absolute Gasteiger partial charge is 0.480 e. The number of nitrogens with one attached hydrogen (secondary N) is 5. The molecule has 148 heavy (non-hydrogen) atoms. The van der Waals surface area contributed by atoms with Gasteiger partial charge in [0, 0.05) is 60.1 Å². The summed E-state index contributed by atoms with van der Waals surface area (Å²) < 4.78 is 86.0. The van der Waals surface area contributed by atoms with E-state index in [4.69, 9.17) is 54.1 Å². The van der Waals surface area contributed by atoms with Gasteiger partial charge >= 0.3 is 60.3 Å². The fourth-order valence-corrected chi connectivity index (χ4v) is 16.6. The van der Waals surface area contributed by atoms with E-state index in [9.17, 15) is 75.8 Å². The van der Waals surface area contributed by atoms with Crippen molar-refractivity contribution in [2.45, 2.75) is 290 Å². The van der Waals surface area contributed by atoms with Crippen LogP contribution in [0.1, 0.15) is 258 Å². The standard InChI is InChI=1S/C34H39FN2O5.C29H35NO8.C24H27NO6.C19H29FN2O3.C10H14FN/c1-33(2,3)42-30(38)19-18-29(31(39)37-34(4,5)20-22-14-16-23(35)17-15-22)36-32(40)41-21-28-26-12-8-6-10-24(26)25-11-7-9-13-27(25)28;1-18(2)16-36-28(34)37-26(32)24(14-15-25(31)38-29(3,4)5)30-27(33)35-17-23-21-12-8-6-10-19(21)20-11-7-9-13-22(20)23;1-24(2,3)31-21(26)13-12-20(22(27)28)25-23(29)30-14-19-17-10-6-4-8-15(17)16-9-5-7-11-18(16)19;1-18(2,3)25-16(23)11-10-15(21)17(24)22-19(4,5)12-13-6-8-14(20)9-7-13;1-10(2,12)7-8-3-5-9(11)6-4-8/h6-17,28-29H,18-21H2,1-5H3,(H,36,40)(H,37,39);6-13,18,23-24H,14-17H2,1-5H3,(H,30,33);4-11,19-20H,12-14H2,1-3H3,(H,25,29)(H,27,28);6-9,15H,10-12,21H2,1-5H3,(H,22,24);3-6H,7,12H2,1-2H3/t29-;24-;20-;15-;/m0000./s1. The van der Waals surface area contributed by atoms with Crippen molar-refractivity contribution in [3.63, 3.8) is 0 Å². The van der Waals surface area contributed by atoms with Crippen LogP contribution in [0.4, 0.5) is 32.3 Å². The number of hydrogen-bond donors (Lipinski definition) is 8. The molecule has 796 valence electrons. The lowest BCUT2D eigenvalue weighted by Crippen LogP contribution is -2.54. The number of alkyl carbamates (subject to hydrolysis) is 3. The molecular formula is C116H144F3N7O22. The first-order valence-corrected chi connectivity index (χ1v) is 49.5. The third kappa shape index (κ3) is 40.9. The number of carbonyl (C=O) groups excluding carboxylic acids is 11. The van der Waals surface area contributed by atoms with Gasteiger partial charge in [-0.1, -0.05) is 196 Å². The molecule has 12 rings (SSSR count). The van der Waals surface area contributed by atoms with Crippen molar-refractivity contribution in [2.75, 3.05) is 26.4 Å². The molecule has 0 radical (unpaired) electrons. The molecule has 0 saturated carbocycles. The molecule has 0 aromatic heterocycles. The molecule has 29 nitrogen and oxygen atoms in total. The Morgan fingerprint density at radius 1 is 0.338 bits per heavy atom. The number of carboxylic acid groups (broad SMARTS) is 1. The lowest BCUT2D eigenvalue weighted by molar-refractivity contribution is -0.156. The zero-order chi connectivity index (χ0) is 109. The Hall–Kier alpha value is -14.3. The van der Waals surface area contributed by atoms with E-state index < -0.39 is 118 Å². The second-order valence-electron chi connectivity index (χ2n) is 43.0. The van der Waals surface area contributed by atoms with Gasteiger partial charge in [-0.2, -0.15) is 0 Å². The van der Waals surface area contributed by atoms with Gasteiger partial charge in [0.25, 0.3) is 0 Å². The minimum absolute atomic E-state index is 0.0254. The Kier molecular flexibility index (Phi) is 43.3. The van der Waals surface area contributed by atoms with Crippen molar-refractivity contribution in [1.82, 2.24) is 26.6 Å². The number of benzene rings is 9. The molecule has 0 spiro atoms. The van der Waals surface area contributed by atoms with Crippen LogP contribution in [0.3, 0.4) is 0 Å². The number of aliphatic carboxylic acids is 1. The highest BCUT2D eigenvalue weighted by Gasteiger charge is 2.38. The summed E-state index contributed by atoms with van der Waals surface area (Å²) in [6.07, 6.45) is -2.21. The number of rotatable bonds is 35. The highest BCUT2D eigenvalue weighted by molar-refractivity contribution is 5.90. The summed E-state index contributed by atoms with van der Waals surface area (Å²) in [7, 11) is 0. The van der Waals surface area contributed by atoms with E-state index in [1.807, 2.05) is 189 Å². The second kappa shape index (κ2) is 53.9. The molecule has 5 amide bonds. The van der Waals surface area contributed by atoms with Crippen LogP contribution >= 0.6 is 0 Å². The number of halogens is 3. The number of amides is 5. The van der Waals surface area contributed by atoms with E-state index in [0.29, 0.717) is 12.8 Å². The van der Waals surface area contributed by atoms with Crippen LogP contribution in [-0.4, -0.2) is 167 Å². The molecule has 0 bridgehead atoms. The monoisotopic (exact) mass is 2040 g/mol. The summed E-state index contributed by atoms with van der Waals surface area (Å²) in [6.45, 7) is 36.3. The van der Waals surface area contributed by atoms with Gasteiger partial charge in [-0.25, -0.2) is 41.9 Å². The normalized spacial score (nSPS) is 13.3. The third-order valence-electron chi connectivity index (χ3n) is 22.7. The molecule has 0 heterocycles. The maximum Gasteiger partial charge on any atom is 0.516 e. The maximum atomic E-state index is 13.4. The van der Waals surface area contributed by atoms with E-state index >= 15 is 0 Å². The topological polar surface area (TPSA) is 420 Å². The van der Waals surface area contributed by atoms with Crippen molar-refractivity contribution < 1.29 is 118 Å². The second-order valence-corrected chi connectivity index (χ2v) is 43.0. The zero-order valence-corrected chi connectivity index (χ0v) is 88.3. The Morgan fingerprint density at radius 3 is 0.878 bits per heavy atom. The van der Waals surface area contributed by atoms with Gasteiger partial charge in [-0.15, -0.1) is 0 Å². The summed E-state index contributed by atoms with van der Waals surface area (Å²) in [5, 5.41) is 22.7. The molecule has 3 aliphatic carbocycles. The third-order valence-corrected chi connectivity index (χ3v) is 22.7. The summed E-state index contributed by atoms with van der Waals surface area (Å²) in [6, 6.07) is 62.0. The van der Waals surface area contributed by atoms with E-state index in [1.54, 1.807) is 119 Å². The maximum absolute atomic E-state index is 13.4. The Morgan fingerprint density at radius 2 is 0.595 bits per heavy atom. The van der Waals surface area contributed by atoms with E-state index in [0.717, 1.165) is 89.9 Å². The molecule has 10 N–H and O–H groups in total. The molecule has 9 aromatic rings. The SMILES string of the molecule is CC(C)(C)OC(=O)CC[C@H](NC(=O)OCC1c2ccccc2-c2ccccc21)C(=O)O.CC(C)(Cc1ccc(F)cc1)NC(=O)[C@@H](N)CCC(=O)OC(C)(C)C.CC(C)(Cc1ccc(F)cc1)NC(=O)[C@H](CCC(=O)OC(C)(C)C)NC(=O)OCC1c2ccccc2-c2ccccc21.CC(C)(N)Cc1ccc(F)cc1.CC(C)COC(=O)OC(=O)[C@H](CCC(=O)OC(C)(C)C)NC(=O)OCC1c2ccccc2-c2ccccc21. The van der Waals surface area contributed by atoms with Crippen LogP contribution in [0.25, 0.3) is 33.4 Å². The minimum Gasteiger partial charge on any atom is -0.480 e. The number of nitrogens with two attached hydrogens (primary N) is 2. The van der Waals surface area contributed by atoms with Crippen LogP contribution in [-0.2, 0) is 100 Å². The number of esters is 5. The van der Waals surface area contributed by atoms with Gasteiger partial charge in [0.2, 0.25) is 11.8 Å². The first-order valence-electron chi connectivity index (χ1n) is 49.5. The zero-order valence-electron chi connectivity index (χ0n) is 88.3. The van der Waals surface area contributed by atoms with Crippen molar-refractivity contribution in [3.05, 3.63) is 286 Å². The highest BCUT2D eigenvalue weighted by Crippen LogP contribution is 2.48. The van der Waals surface area contributed by atoms with Gasteiger partial charge in [-0.3, -0.25) is 28.8 Å². The number of carboxylic acids is 1. The first kappa shape index (κ1) is 119. The van der Waals surface area contributed by atoms with Crippen LogP contribution < -0.4 is 38.1 Å². The number of fused-ring (bicyclic) bond motifs is 9. The quantitative estimate of drug-likeness (QED) is 0.0104. The molecule has 0 aliphatic heterocycles. The van der Waals surface area contributed by atoms with Crippen LogP contribution in [0.2, 0.25) is 0 Å². The van der Waals surface area contributed by atoms with Crippen LogP contribution in [0.15, 0.2) is 218 Å². The summed E-state index contributed by atoms with van der Waals surface area (Å²) >= 11 is 0. The van der Waals surface area contributed by atoms with Gasteiger partial charge in [0.05, 0.1) is 12.6 Å². The van der Waals surface area contributed by atoms with Gasteiger partial charge in [-0.05, 0) is 295 Å². The first-order chi connectivity index (χ1) is 69.3. The van der Waals surface area contributed by atoms with E-state index in [1.165, 1.54) is 36.4 Å². The average molecular weight is 2050 g/mol. The fourth-order valence-electron chi connectivity index (χ4n) is 16.6. The van der Waals surface area contributed by atoms with Gasteiger partial charge in [0.15, 0.2) is 0 Å². The Bertz CT molecular complexity index is 5880. The molecule has 3 aliphatic rings. The molecular weight excluding hydrogens is 1900 g/mol. The van der Waals surface area contributed by atoms with E-state index in [2.05, 4.69) is 38.7 Å². The summed E-state index contributed by atoms with van der Waals surface area (Å²) in [4.78, 5) is 148. The summed E-state index contributed by atoms with van der Waals surface area (Å²) in [5.41, 5.74) is 23.4. The minimum atomic E-state index is -1.33. The lowest BCUT2D eigenvalue weighted by atomic mass is 9.94. The van der Waals surface area contributed by atoms with Gasteiger partial charge in [0.1, 0.15) is 77.8 Å².